The molecule has 0 amide bonds. The minimum absolute atomic E-state index is 0.436. The van der Waals surface area contributed by atoms with E-state index in [1.807, 2.05) is 6.07 Å². The first-order valence-electron chi connectivity index (χ1n) is 11.9. The minimum atomic E-state index is 0.436. The monoisotopic (exact) mass is 448 g/mol. The maximum absolute atomic E-state index is 10.6. The number of aryl methyl sites for hydroxylation is 2. The molecule has 0 spiro atoms. The molecule has 1 saturated heterocycles. The molecule has 1 aliphatic carbocycles. The summed E-state index contributed by atoms with van der Waals surface area (Å²) in [6.07, 6.45) is 3.31. The van der Waals surface area contributed by atoms with Crippen LogP contribution in [0.2, 0.25) is 0 Å². The normalized spacial score (nSPS) is 23.8. The van der Waals surface area contributed by atoms with Crippen molar-refractivity contribution in [3.63, 3.8) is 0 Å². The number of piperazine rings is 1. The highest BCUT2D eigenvalue weighted by molar-refractivity contribution is 5.50. The standard InChI is InChI=1S/C24H32N2O.C3H4O.C2H4/c1-15-5-7-19(8-6-15)11-21-20-9-16(2)10-24(27)22(20)12-23(21)26-13-17(3)25-18(4)14-26;1-2-3-4;1-2/h5-10,17-18,21,23,25,27H,11-14H2,1-4H3;2H,1H3;1-2H2/t17?,18?,21-,23?;;/m0../s1. The number of carbonyl (C=O) groups excluding carboxylic acids is 1. The number of hydrogen-bond acceptors (Lipinski definition) is 4. The summed E-state index contributed by atoms with van der Waals surface area (Å²) in [6, 6.07) is 14.7. The first-order chi connectivity index (χ1) is 15.8. The summed E-state index contributed by atoms with van der Waals surface area (Å²) in [6.45, 7) is 18.6. The molecule has 0 aromatic heterocycles. The van der Waals surface area contributed by atoms with Crippen LogP contribution in [0.25, 0.3) is 0 Å². The van der Waals surface area contributed by atoms with Crippen molar-refractivity contribution in [1.29, 1.82) is 0 Å². The Balaban J connectivity index is 0.000000582. The Morgan fingerprint density at radius 1 is 1.09 bits per heavy atom. The predicted molar refractivity (Wildman–Crippen MR) is 139 cm³/mol. The van der Waals surface area contributed by atoms with E-state index in [0.717, 1.165) is 31.5 Å². The topological polar surface area (TPSA) is 52.6 Å². The van der Waals surface area contributed by atoms with Gasteiger partial charge in [0.2, 0.25) is 0 Å². The number of nitrogens with zero attached hydrogens (tertiary/aromatic N) is 1. The Morgan fingerprint density at radius 2 is 1.67 bits per heavy atom. The Morgan fingerprint density at radius 3 is 2.21 bits per heavy atom. The van der Waals surface area contributed by atoms with Crippen molar-refractivity contribution in [3.8, 4) is 5.75 Å². The molecule has 0 bridgehead atoms. The van der Waals surface area contributed by atoms with Gasteiger partial charge in [-0.05, 0) is 81.9 Å². The molecule has 0 saturated carbocycles. The van der Waals surface area contributed by atoms with Gasteiger partial charge >= 0.3 is 0 Å². The molecule has 4 rings (SSSR count). The number of benzene rings is 2. The van der Waals surface area contributed by atoms with E-state index in [-0.39, 0.29) is 0 Å². The summed E-state index contributed by atoms with van der Waals surface area (Å²) in [4.78, 5) is 11.7. The zero-order valence-electron chi connectivity index (χ0n) is 20.9. The second-order valence-electron chi connectivity index (χ2n) is 9.25. The largest absolute Gasteiger partial charge is 0.508 e. The molecule has 33 heavy (non-hydrogen) atoms. The average molecular weight is 449 g/mol. The van der Waals surface area contributed by atoms with Crippen molar-refractivity contribution in [1.82, 2.24) is 10.2 Å². The van der Waals surface area contributed by atoms with Crippen LogP contribution in [-0.2, 0) is 17.6 Å². The van der Waals surface area contributed by atoms with Crippen molar-refractivity contribution >= 4 is 5.94 Å². The third-order valence-corrected chi connectivity index (χ3v) is 6.43. The second kappa shape index (κ2) is 12.6. The number of allylic oxidation sites excluding steroid dienone is 1. The highest BCUT2D eigenvalue weighted by Gasteiger charge is 2.39. The zero-order valence-corrected chi connectivity index (χ0v) is 20.9. The van der Waals surface area contributed by atoms with Crippen molar-refractivity contribution in [2.45, 2.75) is 71.5 Å². The molecule has 178 valence electrons. The Hall–Kier alpha value is -2.65. The highest BCUT2D eigenvalue weighted by atomic mass is 16.3. The van der Waals surface area contributed by atoms with Gasteiger partial charge < -0.3 is 10.4 Å². The van der Waals surface area contributed by atoms with Crippen LogP contribution in [0.1, 0.15) is 54.5 Å². The quantitative estimate of drug-likeness (QED) is 0.504. The van der Waals surface area contributed by atoms with Crippen molar-refractivity contribution < 1.29 is 9.90 Å². The summed E-state index contributed by atoms with van der Waals surface area (Å²) in [7, 11) is 0. The van der Waals surface area contributed by atoms with Crippen LogP contribution in [0, 0.1) is 13.8 Å². The van der Waals surface area contributed by atoms with Crippen LogP contribution >= 0.6 is 0 Å². The molecule has 4 heteroatoms. The Kier molecular flexibility index (Phi) is 10.1. The molecule has 4 atom stereocenters. The number of hydrogen-bond donors (Lipinski definition) is 2. The van der Waals surface area contributed by atoms with E-state index in [0.29, 0.717) is 29.8 Å². The fourth-order valence-electron chi connectivity index (χ4n) is 5.18. The van der Waals surface area contributed by atoms with E-state index >= 15 is 0 Å². The van der Waals surface area contributed by atoms with Crippen molar-refractivity contribution in [2.24, 2.45) is 0 Å². The lowest BCUT2D eigenvalue weighted by molar-refractivity contribution is 0.112. The minimum Gasteiger partial charge on any atom is -0.508 e. The number of nitrogens with one attached hydrogen (secondary N) is 1. The molecule has 2 N–H and O–H groups in total. The van der Waals surface area contributed by atoms with Gasteiger partial charge in [-0.3, -0.25) is 4.90 Å². The molecule has 1 aliphatic heterocycles. The SMILES string of the molecule is C=C.CC=C=O.Cc1ccc(C[C@H]2c3cc(C)cc(O)c3CC2N2CC(C)NC(C)C2)cc1. The summed E-state index contributed by atoms with van der Waals surface area (Å²) in [5.41, 5.74) is 6.38. The van der Waals surface area contributed by atoms with Gasteiger partial charge in [0.05, 0.1) is 0 Å². The fraction of sp³-hybridized carbons (Fsp3) is 0.448. The molecule has 3 unspecified atom stereocenters. The second-order valence-corrected chi connectivity index (χ2v) is 9.25. The van der Waals surface area contributed by atoms with Crippen molar-refractivity contribution in [3.05, 3.63) is 83.4 Å². The summed E-state index contributed by atoms with van der Waals surface area (Å²) < 4.78 is 0. The molecular weight excluding hydrogens is 408 g/mol. The maximum atomic E-state index is 10.6. The Bertz CT molecular complexity index is 937. The smallest absolute Gasteiger partial charge is 0.119 e. The van der Waals surface area contributed by atoms with Gasteiger partial charge in [0, 0.05) is 37.1 Å². The first kappa shape index (κ1) is 26.6. The average Bonchev–Trinajstić information content (AvgIpc) is 3.15. The molecule has 1 heterocycles. The lowest BCUT2D eigenvalue weighted by Crippen LogP contribution is -2.57. The fourth-order valence-corrected chi connectivity index (χ4v) is 5.18. The van der Waals surface area contributed by atoms with Crippen LogP contribution < -0.4 is 5.32 Å². The molecule has 2 aliphatic rings. The predicted octanol–water partition coefficient (Wildman–Crippen LogP) is 5.14. The molecule has 0 radical (unpaired) electrons. The number of phenolic OH excluding ortho intramolecular Hbond substituents is 1. The van der Waals surface area contributed by atoms with Crippen molar-refractivity contribution in [2.75, 3.05) is 13.1 Å². The third kappa shape index (κ3) is 6.91. The number of aromatic hydroxyl groups is 1. The van der Waals surface area contributed by atoms with Gasteiger partial charge in [-0.1, -0.05) is 35.9 Å². The van der Waals surface area contributed by atoms with Gasteiger partial charge in [0.15, 0.2) is 0 Å². The van der Waals surface area contributed by atoms with E-state index in [4.69, 9.17) is 4.79 Å². The van der Waals surface area contributed by atoms with E-state index in [2.05, 4.69) is 81.4 Å². The molecule has 2 aromatic carbocycles. The van der Waals surface area contributed by atoms with Gasteiger partial charge in [-0.2, -0.15) is 0 Å². The lowest BCUT2D eigenvalue weighted by Gasteiger charge is -2.42. The summed E-state index contributed by atoms with van der Waals surface area (Å²) >= 11 is 0. The first-order valence-corrected chi connectivity index (χ1v) is 11.9. The Labute approximate surface area is 200 Å². The van der Waals surface area contributed by atoms with Crippen LogP contribution in [0.3, 0.4) is 0 Å². The maximum Gasteiger partial charge on any atom is 0.119 e. The summed E-state index contributed by atoms with van der Waals surface area (Å²) in [5, 5.41) is 14.3. The number of rotatable bonds is 3. The van der Waals surface area contributed by atoms with Crippen LogP contribution in [0.5, 0.6) is 5.75 Å². The molecule has 2 aromatic rings. The van der Waals surface area contributed by atoms with Gasteiger partial charge in [0.1, 0.15) is 11.7 Å². The van der Waals surface area contributed by atoms with E-state index in [1.54, 1.807) is 12.9 Å². The van der Waals surface area contributed by atoms with Crippen LogP contribution in [0.4, 0.5) is 0 Å². The van der Waals surface area contributed by atoms with Gasteiger partial charge in [-0.15, -0.1) is 13.2 Å². The van der Waals surface area contributed by atoms with Gasteiger partial charge in [0.25, 0.3) is 0 Å². The molecular formula is C29H40N2O2. The van der Waals surface area contributed by atoms with E-state index in [9.17, 15) is 5.11 Å². The van der Waals surface area contributed by atoms with E-state index in [1.165, 1.54) is 28.3 Å². The van der Waals surface area contributed by atoms with Crippen LogP contribution in [-0.4, -0.2) is 47.2 Å². The molecule has 1 fully saturated rings. The highest BCUT2D eigenvalue weighted by Crippen LogP contribution is 2.43. The lowest BCUT2D eigenvalue weighted by atomic mass is 9.88. The zero-order chi connectivity index (χ0) is 24.5. The third-order valence-electron chi connectivity index (χ3n) is 6.43. The number of phenols is 1. The molecule has 4 nitrogen and oxygen atoms in total. The summed E-state index contributed by atoms with van der Waals surface area (Å²) in [5.74, 6) is 2.48. The van der Waals surface area contributed by atoms with Crippen LogP contribution in [0.15, 0.2) is 55.6 Å². The van der Waals surface area contributed by atoms with E-state index < -0.39 is 0 Å². The van der Waals surface area contributed by atoms with Gasteiger partial charge in [-0.25, -0.2) is 4.79 Å². The number of fused-ring (bicyclic) bond motifs is 1.